The summed E-state index contributed by atoms with van der Waals surface area (Å²) in [6.07, 6.45) is 3.96. The van der Waals surface area contributed by atoms with E-state index in [1.165, 1.54) is 0 Å². The molecule has 1 aliphatic heterocycles. The fourth-order valence-electron chi connectivity index (χ4n) is 2.55. The zero-order valence-electron chi connectivity index (χ0n) is 13.4. The summed E-state index contributed by atoms with van der Waals surface area (Å²) >= 11 is 5.80. The van der Waals surface area contributed by atoms with Gasteiger partial charge in [-0.1, -0.05) is 31.0 Å². The van der Waals surface area contributed by atoms with Crippen LogP contribution in [0.1, 0.15) is 30.9 Å². The first-order valence-corrected chi connectivity index (χ1v) is 8.27. The normalized spacial score (nSPS) is 13.2. The molecule has 7 nitrogen and oxygen atoms in total. The van der Waals surface area contributed by atoms with E-state index in [9.17, 15) is 4.79 Å². The highest BCUT2D eigenvalue weighted by Gasteiger charge is 2.32. The van der Waals surface area contributed by atoms with Crippen LogP contribution in [-0.2, 0) is 17.8 Å². The largest absolute Gasteiger partial charge is 0.383 e. The quantitative estimate of drug-likeness (QED) is 0.615. The molecule has 2 aromatic rings. The number of carbonyl (C=O) groups excluding carboxylic acids is 1. The van der Waals surface area contributed by atoms with Gasteiger partial charge < -0.3 is 11.1 Å². The van der Waals surface area contributed by atoms with E-state index in [-0.39, 0.29) is 12.3 Å². The second-order valence-corrected chi connectivity index (χ2v) is 6.05. The molecule has 0 atom stereocenters. The Morgan fingerprint density at radius 2 is 2.21 bits per heavy atom. The third kappa shape index (κ3) is 3.41. The SMILES string of the molecule is CCCCNc1nc(N)c2c(n1)N(Cc1ccc(Cl)nc1)C(=O)C2. The van der Waals surface area contributed by atoms with Gasteiger partial charge in [0.2, 0.25) is 11.9 Å². The Morgan fingerprint density at radius 3 is 2.92 bits per heavy atom. The van der Waals surface area contributed by atoms with E-state index >= 15 is 0 Å². The third-order valence-electron chi connectivity index (χ3n) is 3.84. The van der Waals surface area contributed by atoms with E-state index in [1.54, 1.807) is 17.2 Å². The maximum absolute atomic E-state index is 12.4. The van der Waals surface area contributed by atoms with Crippen molar-refractivity contribution in [1.29, 1.82) is 0 Å². The van der Waals surface area contributed by atoms with Gasteiger partial charge in [-0.2, -0.15) is 9.97 Å². The van der Waals surface area contributed by atoms with Gasteiger partial charge in [0.05, 0.1) is 13.0 Å². The summed E-state index contributed by atoms with van der Waals surface area (Å²) in [7, 11) is 0. The van der Waals surface area contributed by atoms with Crippen LogP contribution in [0.15, 0.2) is 18.3 Å². The molecule has 0 aromatic carbocycles. The smallest absolute Gasteiger partial charge is 0.233 e. The summed E-state index contributed by atoms with van der Waals surface area (Å²) in [4.78, 5) is 26.8. The fourth-order valence-corrected chi connectivity index (χ4v) is 2.66. The molecular weight excluding hydrogens is 328 g/mol. The molecule has 24 heavy (non-hydrogen) atoms. The molecule has 0 aliphatic carbocycles. The number of nitrogens with zero attached hydrogens (tertiary/aromatic N) is 4. The molecule has 1 amide bonds. The number of hydrogen-bond acceptors (Lipinski definition) is 6. The van der Waals surface area contributed by atoms with Crippen LogP contribution in [0.4, 0.5) is 17.6 Å². The lowest BCUT2D eigenvalue weighted by atomic mass is 10.2. The summed E-state index contributed by atoms with van der Waals surface area (Å²) < 4.78 is 0. The lowest BCUT2D eigenvalue weighted by Gasteiger charge is -2.17. The van der Waals surface area contributed by atoms with Gasteiger partial charge in [0.1, 0.15) is 16.8 Å². The standard InChI is InChI=1S/C16H19ClN6O/c1-2-3-6-19-16-21-14(18)11-7-13(24)23(15(11)22-16)9-10-4-5-12(17)20-8-10/h4-5,8H,2-3,6-7,9H2,1H3,(H3,18,19,21,22). The van der Waals surface area contributed by atoms with Crippen molar-refractivity contribution >= 4 is 35.1 Å². The average molecular weight is 347 g/mol. The number of fused-ring (bicyclic) bond motifs is 1. The van der Waals surface area contributed by atoms with Crippen molar-refractivity contribution in [3.8, 4) is 0 Å². The molecule has 0 saturated carbocycles. The summed E-state index contributed by atoms with van der Waals surface area (Å²) in [5.41, 5.74) is 7.57. The van der Waals surface area contributed by atoms with Crippen molar-refractivity contribution < 1.29 is 4.79 Å². The number of nitrogen functional groups attached to an aromatic ring is 1. The monoisotopic (exact) mass is 346 g/mol. The predicted molar refractivity (Wildman–Crippen MR) is 94.0 cm³/mol. The Kier molecular flexibility index (Phi) is 4.80. The lowest BCUT2D eigenvalue weighted by molar-refractivity contribution is -0.117. The number of rotatable bonds is 6. The molecule has 0 unspecified atom stereocenters. The van der Waals surface area contributed by atoms with Gasteiger partial charge in [-0.3, -0.25) is 9.69 Å². The molecule has 0 fully saturated rings. The molecule has 0 radical (unpaired) electrons. The fraction of sp³-hybridized carbons (Fsp3) is 0.375. The summed E-state index contributed by atoms with van der Waals surface area (Å²) in [6.45, 7) is 3.25. The van der Waals surface area contributed by atoms with Crippen LogP contribution in [0.2, 0.25) is 5.15 Å². The number of aromatic nitrogens is 3. The van der Waals surface area contributed by atoms with E-state index < -0.39 is 0 Å². The first-order valence-electron chi connectivity index (χ1n) is 7.89. The van der Waals surface area contributed by atoms with Crippen molar-refractivity contribution in [3.63, 3.8) is 0 Å². The van der Waals surface area contributed by atoms with Gasteiger partial charge in [-0.05, 0) is 18.1 Å². The van der Waals surface area contributed by atoms with Crippen molar-refractivity contribution in [2.24, 2.45) is 0 Å². The number of amides is 1. The highest BCUT2D eigenvalue weighted by Crippen LogP contribution is 2.32. The van der Waals surface area contributed by atoms with Crippen LogP contribution in [0.3, 0.4) is 0 Å². The third-order valence-corrected chi connectivity index (χ3v) is 4.07. The first-order chi connectivity index (χ1) is 11.6. The number of pyridine rings is 1. The summed E-state index contributed by atoms with van der Waals surface area (Å²) in [5, 5.41) is 3.57. The molecule has 126 valence electrons. The van der Waals surface area contributed by atoms with Gasteiger partial charge in [-0.15, -0.1) is 0 Å². The molecular formula is C16H19ClN6O. The van der Waals surface area contributed by atoms with E-state index in [4.69, 9.17) is 17.3 Å². The molecule has 0 spiro atoms. The number of unbranched alkanes of at least 4 members (excludes halogenated alkanes) is 1. The van der Waals surface area contributed by atoms with Gasteiger partial charge in [0, 0.05) is 18.3 Å². The van der Waals surface area contributed by atoms with E-state index in [0.717, 1.165) is 24.9 Å². The zero-order valence-corrected chi connectivity index (χ0v) is 14.2. The second kappa shape index (κ2) is 7.00. The van der Waals surface area contributed by atoms with Crippen molar-refractivity contribution in [2.75, 3.05) is 22.5 Å². The average Bonchev–Trinajstić information content (AvgIpc) is 2.87. The second-order valence-electron chi connectivity index (χ2n) is 5.66. The summed E-state index contributed by atoms with van der Waals surface area (Å²) in [5.74, 6) is 1.32. The van der Waals surface area contributed by atoms with Crippen LogP contribution in [0.5, 0.6) is 0 Å². The maximum atomic E-state index is 12.4. The lowest BCUT2D eigenvalue weighted by Crippen LogP contribution is -2.27. The molecule has 0 bridgehead atoms. The van der Waals surface area contributed by atoms with Crippen molar-refractivity contribution in [1.82, 2.24) is 15.0 Å². The highest BCUT2D eigenvalue weighted by molar-refractivity contribution is 6.29. The Hall–Kier alpha value is -2.41. The highest BCUT2D eigenvalue weighted by atomic mass is 35.5. The van der Waals surface area contributed by atoms with E-state index in [0.29, 0.717) is 34.8 Å². The Balaban J connectivity index is 1.85. The number of carbonyl (C=O) groups is 1. The Morgan fingerprint density at radius 1 is 1.38 bits per heavy atom. The van der Waals surface area contributed by atoms with Gasteiger partial charge in [0.25, 0.3) is 0 Å². The number of halogens is 1. The molecule has 3 heterocycles. The number of nitrogens with one attached hydrogen (secondary N) is 1. The van der Waals surface area contributed by atoms with Gasteiger partial charge >= 0.3 is 0 Å². The topological polar surface area (TPSA) is 97.0 Å². The molecule has 3 rings (SSSR count). The molecule has 3 N–H and O–H groups in total. The molecule has 8 heteroatoms. The Labute approximate surface area is 145 Å². The zero-order chi connectivity index (χ0) is 17.1. The minimum Gasteiger partial charge on any atom is -0.383 e. The first kappa shape index (κ1) is 16.4. The Bertz CT molecular complexity index is 749. The number of hydrogen-bond donors (Lipinski definition) is 2. The minimum absolute atomic E-state index is 0.0494. The van der Waals surface area contributed by atoms with Crippen LogP contribution in [0.25, 0.3) is 0 Å². The molecule has 1 aliphatic rings. The number of nitrogens with two attached hydrogens (primary N) is 1. The van der Waals surface area contributed by atoms with Gasteiger partial charge in [0.15, 0.2) is 0 Å². The number of anilines is 3. The minimum atomic E-state index is -0.0494. The van der Waals surface area contributed by atoms with Crippen molar-refractivity contribution in [2.45, 2.75) is 32.7 Å². The van der Waals surface area contributed by atoms with E-state index in [2.05, 4.69) is 27.2 Å². The molecule has 0 saturated heterocycles. The van der Waals surface area contributed by atoms with Crippen molar-refractivity contribution in [3.05, 3.63) is 34.6 Å². The maximum Gasteiger partial charge on any atom is 0.233 e. The summed E-state index contributed by atoms with van der Waals surface area (Å²) in [6, 6.07) is 3.54. The molecule has 2 aromatic heterocycles. The van der Waals surface area contributed by atoms with Gasteiger partial charge in [-0.25, -0.2) is 4.98 Å². The van der Waals surface area contributed by atoms with Crippen LogP contribution in [0, 0.1) is 0 Å². The van der Waals surface area contributed by atoms with Crippen LogP contribution >= 0.6 is 11.6 Å². The van der Waals surface area contributed by atoms with E-state index in [1.807, 2.05) is 6.07 Å². The predicted octanol–water partition coefficient (Wildman–Crippen LogP) is 2.41. The van der Waals surface area contributed by atoms with Crippen LogP contribution in [-0.4, -0.2) is 27.4 Å². The van der Waals surface area contributed by atoms with Crippen LogP contribution < -0.4 is 16.0 Å².